The summed E-state index contributed by atoms with van der Waals surface area (Å²) in [5.41, 5.74) is 2.33. The van der Waals surface area contributed by atoms with Crippen molar-refractivity contribution in [2.24, 2.45) is 5.92 Å². The zero-order chi connectivity index (χ0) is 22.1. The van der Waals surface area contributed by atoms with Crippen molar-refractivity contribution in [3.05, 3.63) is 71.0 Å². The summed E-state index contributed by atoms with van der Waals surface area (Å²) in [4.78, 5) is 40.3. The molecular weight excluding hydrogens is 417 g/mol. The maximum absolute atomic E-state index is 13.1. The number of rotatable bonds is 6. The molecule has 2 aliphatic heterocycles. The second-order valence-corrected chi connectivity index (χ2v) is 9.19. The van der Waals surface area contributed by atoms with Gasteiger partial charge in [0.15, 0.2) is 0 Å². The van der Waals surface area contributed by atoms with Gasteiger partial charge in [0, 0.05) is 17.9 Å². The monoisotopic (exact) mass is 441 g/mol. The van der Waals surface area contributed by atoms with E-state index in [0.29, 0.717) is 11.3 Å². The van der Waals surface area contributed by atoms with Crippen molar-refractivity contribution >= 4 is 29.5 Å². The molecule has 0 bridgehead atoms. The average molecular weight is 442 g/mol. The van der Waals surface area contributed by atoms with Crippen LogP contribution in [0.2, 0.25) is 0 Å². The lowest BCUT2D eigenvalue weighted by Crippen LogP contribution is -2.55. The number of halogens is 1. The van der Waals surface area contributed by atoms with Gasteiger partial charge >= 0.3 is 0 Å². The second-order valence-electron chi connectivity index (χ2n) is 8.08. The number of hydrogen-bond acceptors (Lipinski definition) is 4. The number of nitrogens with zero attached hydrogens (tertiary/aromatic N) is 1. The van der Waals surface area contributed by atoms with Crippen LogP contribution in [0.15, 0.2) is 48.5 Å². The smallest absolute Gasteiger partial charge is 0.256 e. The van der Waals surface area contributed by atoms with Crippen LogP contribution >= 0.6 is 11.8 Å². The molecule has 0 aliphatic carbocycles. The molecule has 2 aromatic rings. The van der Waals surface area contributed by atoms with E-state index in [9.17, 15) is 18.8 Å². The van der Waals surface area contributed by atoms with E-state index in [-0.39, 0.29) is 41.4 Å². The van der Waals surface area contributed by atoms with Crippen LogP contribution in [-0.4, -0.2) is 40.5 Å². The molecule has 6 nitrogen and oxygen atoms in total. The first-order chi connectivity index (χ1) is 14.9. The minimum absolute atomic E-state index is 0.145. The first-order valence-electron chi connectivity index (χ1n) is 10.2. The summed E-state index contributed by atoms with van der Waals surface area (Å²) < 4.78 is 13.1. The standard InChI is InChI=1S/C23H24FN3O3S/c1-13(2)19(21(29)25-11-14-7-9-15(24)10-8-14)26-20(28)18-12-31-23-17-6-4-3-5-16(17)22(30)27(18)23/h3-10,13,18-19,23H,11-12H2,1-2H3,(H,25,29)(H,26,28). The summed E-state index contributed by atoms with van der Waals surface area (Å²) in [5, 5.41) is 5.49. The highest BCUT2D eigenvalue weighted by Gasteiger charge is 2.48. The Bertz CT molecular complexity index is 1010. The van der Waals surface area contributed by atoms with Gasteiger partial charge in [-0.1, -0.05) is 44.2 Å². The van der Waals surface area contributed by atoms with E-state index < -0.39 is 12.1 Å². The fourth-order valence-electron chi connectivity index (χ4n) is 3.93. The summed E-state index contributed by atoms with van der Waals surface area (Å²) in [7, 11) is 0. The van der Waals surface area contributed by atoms with Crippen molar-refractivity contribution in [1.82, 2.24) is 15.5 Å². The minimum atomic E-state index is -0.739. The SMILES string of the molecule is CC(C)C(NC(=O)C1CSC2c3ccccc3C(=O)N12)C(=O)NCc1ccc(F)cc1. The number of fused-ring (bicyclic) bond motifs is 3. The molecule has 0 aromatic heterocycles. The van der Waals surface area contributed by atoms with Crippen LogP contribution in [0.5, 0.6) is 0 Å². The molecule has 4 rings (SSSR count). The number of carbonyl (C=O) groups is 3. The van der Waals surface area contributed by atoms with Gasteiger partial charge < -0.3 is 15.5 Å². The van der Waals surface area contributed by atoms with E-state index >= 15 is 0 Å². The lowest BCUT2D eigenvalue weighted by molar-refractivity contribution is -0.132. The Morgan fingerprint density at radius 3 is 2.58 bits per heavy atom. The molecule has 0 saturated carbocycles. The second kappa shape index (κ2) is 8.70. The Kier molecular flexibility index (Phi) is 6.00. The molecule has 31 heavy (non-hydrogen) atoms. The summed E-state index contributed by atoms with van der Waals surface area (Å²) in [6.07, 6.45) is 0. The molecular formula is C23H24FN3O3S. The summed E-state index contributed by atoms with van der Waals surface area (Å²) >= 11 is 1.56. The highest BCUT2D eigenvalue weighted by atomic mass is 32.2. The lowest BCUT2D eigenvalue weighted by Gasteiger charge is -2.27. The molecule has 162 valence electrons. The molecule has 3 unspecified atom stereocenters. The third-order valence-electron chi connectivity index (χ3n) is 5.62. The van der Waals surface area contributed by atoms with Crippen LogP contribution in [0, 0.1) is 11.7 Å². The van der Waals surface area contributed by atoms with Gasteiger partial charge in [-0.2, -0.15) is 0 Å². The van der Waals surface area contributed by atoms with E-state index in [1.807, 2.05) is 32.0 Å². The number of benzene rings is 2. The van der Waals surface area contributed by atoms with E-state index in [4.69, 9.17) is 0 Å². The maximum Gasteiger partial charge on any atom is 0.256 e. The van der Waals surface area contributed by atoms with Crippen molar-refractivity contribution < 1.29 is 18.8 Å². The Hall–Kier alpha value is -2.87. The van der Waals surface area contributed by atoms with Gasteiger partial charge in [0.1, 0.15) is 23.3 Å². The summed E-state index contributed by atoms with van der Waals surface area (Å²) in [6, 6.07) is 11.9. The van der Waals surface area contributed by atoms with Crippen molar-refractivity contribution in [3.8, 4) is 0 Å². The van der Waals surface area contributed by atoms with Crippen molar-refractivity contribution in [2.45, 2.75) is 37.8 Å². The Morgan fingerprint density at radius 2 is 1.87 bits per heavy atom. The molecule has 8 heteroatoms. The van der Waals surface area contributed by atoms with Gasteiger partial charge in [-0.25, -0.2) is 4.39 Å². The molecule has 3 amide bonds. The van der Waals surface area contributed by atoms with E-state index in [2.05, 4.69) is 10.6 Å². The Labute approximate surface area is 184 Å². The van der Waals surface area contributed by atoms with E-state index in [0.717, 1.165) is 11.1 Å². The van der Waals surface area contributed by atoms with Crippen molar-refractivity contribution in [2.75, 3.05) is 5.75 Å². The van der Waals surface area contributed by atoms with E-state index in [1.54, 1.807) is 34.9 Å². The number of thioether (sulfide) groups is 1. The largest absolute Gasteiger partial charge is 0.350 e. The quantitative estimate of drug-likeness (QED) is 0.723. The summed E-state index contributed by atoms with van der Waals surface area (Å²) in [5.74, 6) is -0.786. The van der Waals surface area contributed by atoms with Crippen LogP contribution in [0.25, 0.3) is 0 Å². The molecule has 0 spiro atoms. The molecule has 2 aromatic carbocycles. The van der Waals surface area contributed by atoms with Crippen molar-refractivity contribution in [3.63, 3.8) is 0 Å². The summed E-state index contributed by atoms with van der Waals surface area (Å²) in [6.45, 7) is 3.94. The average Bonchev–Trinajstić information content (AvgIpc) is 3.31. The number of amides is 3. The van der Waals surface area contributed by atoms with Crippen LogP contribution in [0.4, 0.5) is 4.39 Å². The molecule has 3 atom stereocenters. The fraction of sp³-hybridized carbons (Fsp3) is 0.348. The predicted octanol–water partition coefficient (Wildman–Crippen LogP) is 2.85. The first-order valence-corrected chi connectivity index (χ1v) is 11.3. The van der Waals surface area contributed by atoms with Crippen LogP contribution in [0.3, 0.4) is 0 Å². The fourth-order valence-corrected chi connectivity index (χ4v) is 5.39. The van der Waals surface area contributed by atoms with Crippen molar-refractivity contribution in [1.29, 1.82) is 0 Å². The minimum Gasteiger partial charge on any atom is -0.350 e. The highest BCUT2D eigenvalue weighted by molar-refractivity contribution is 7.99. The van der Waals surface area contributed by atoms with Crippen LogP contribution in [-0.2, 0) is 16.1 Å². The Morgan fingerprint density at radius 1 is 1.16 bits per heavy atom. The van der Waals surface area contributed by atoms with Gasteiger partial charge in [-0.15, -0.1) is 11.8 Å². The third-order valence-corrected chi connectivity index (χ3v) is 6.93. The maximum atomic E-state index is 13.1. The zero-order valence-corrected chi connectivity index (χ0v) is 18.1. The molecule has 2 heterocycles. The predicted molar refractivity (Wildman–Crippen MR) is 117 cm³/mol. The van der Waals surface area contributed by atoms with Crippen LogP contribution in [0.1, 0.15) is 40.7 Å². The normalized spacial score (nSPS) is 20.4. The van der Waals surface area contributed by atoms with Gasteiger partial charge in [0.25, 0.3) is 5.91 Å². The Balaban J connectivity index is 1.41. The number of carbonyl (C=O) groups excluding carboxylic acids is 3. The third kappa shape index (κ3) is 4.17. The molecule has 2 aliphatic rings. The first kappa shape index (κ1) is 21.4. The van der Waals surface area contributed by atoms with Gasteiger partial charge in [-0.3, -0.25) is 14.4 Å². The molecule has 1 saturated heterocycles. The molecule has 2 N–H and O–H groups in total. The van der Waals surface area contributed by atoms with Crippen LogP contribution < -0.4 is 10.6 Å². The van der Waals surface area contributed by atoms with Gasteiger partial charge in [0.2, 0.25) is 11.8 Å². The van der Waals surface area contributed by atoms with E-state index in [1.165, 1.54) is 12.1 Å². The topological polar surface area (TPSA) is 78.5 Å². The molecule has 0 radical (unpaired) electrons. The zero-order valence-electron chi connectivity index (χ0n) is 17.3. The molecule has 1 fully saturated rings. The van der Waals surface area contributed by atoms with Gasteiger partial charge in [-0.05, 0) is 35.2 Å². The number of hydrogen-bond donors (Lipinski definition) is 2. The van der Waals surface area contributed by atoms with Gasteiger partial charge in [0.05, 0.1) is 0 Å². The highest BCUT2D eigenvalue weighted by Crippen LogP contribution is 2.48. The lowest BCUT2D eigenvalue weighted by atomic mass is 10.0. The number of nitrogens with one attached hydrogen (secondary N) is 2.